The number of hydrogen-bond acceptors (Lipinski definition) is 3. The van der Waals surface area contributed by atoms with Gasteiger partial charge < -0.3 is 0 Å². The van der Waals surface area contributed by atoms with Crippen LogP contribution in [0.25, 0.3) is 0 Å². The minimum absolute atomic E-state index is 0.289. The van der Waals surface area contributed by atoms with Crippen molar-refractivity contribution < 1.29 is 0 Å². The molecule has 24 heavy (non-hydrogen) atoms. The Morgan fingerprint density at radius 2 is 0.875 bits per heavy atom. The number of hydrogen-bond donors (Lipinski definition) is 0. The first-order valence-corrected chi connectivity index (χ1v) is 9.10. The third-order valence-corrected chi connectivity index (χ3v) is 4.51. The van der Waals surface area contributed by atoms with E-state index in [0.717, 1.165) is 68.9 Å². The second-order valence-corrected chi connectivity index (χ2v) is 6.21. The Hall–Kier alpha value is -2.31. The van der Waals surface area contributed by atoms with Crippen molar-refractivity contribution in [3.05, 3.63) is 33.4 Å². The monoisotopic (exact) mass is 321 g/mol. The highest BCUT2D eigenvalue weighted by Gasteiger charge is 2.23. The minimum atomic E-state index is 0.289. The van der Waals surface area contributed by atoms with Crippen molar-refractivity contribution >= 4 is 0 Å². The van der Waals surface area contributed by atoms with Crippen LogP contribution in [0.2, 0.25) is 0 Å². The predicted molar refractivity (Wildman–Crippen MR) is 96.4 cm³/mol. The zero-order chi connectivity index (χ0) is 17.9. The summed E-state index contributed by atoms with van der Waals surface area (Å²) in [5.41, 5.74) is 4.38. The lowest BCUT2D eigenvalue weighted by molar-refractivity contribution is 0.732. The Morgan fingerprint density at radius 3 is 1.17 bits per heavy atom. The molecule has 0 aliphatic heterocycles. The van der Waals surface area contributed by atoms with Crippen molar-refractivity contribution in [3.63, 3.8) is 0 Å². The quantitative estimate of drug-likeness (QED) is 0.617. The van der Waals surface area contributed by atoms with E-state index in [9.17, 15) is 15.8 Å². The molecule has 0 spiro atoms. The maximum absolute atomic E-state index is 9.66. The van der Waals surface area contributed by atoms with E-state index in [1.54, 1.807) is 0 Å². The van der Waals surface area contributed by atoms with Gasteiger partial charge in [-0.1, -0.05) is 40.0 Å². The molecule has 0 N–H and O–H groups in total. The second-order valence-electron chi connectivity index (χ2n) is 6.21. The molecule has 0 bridgehead atoms. The Kier molecular flexibility index (Phi) is 8.60. The van der Waals surface area contributed by atoms with Crippen LogP contribution in [0.3, 0.4) is 0 Å². The first-order valence-electron chi connectivity index (χ1n) is 9.10. The summed E-state index contributed by atoms with van der Waals surface area (Å²) < 4.78 is 0. The van der Waals surface area contributed by atoms with Gasteiger partial charge in [0.25, 0.3) is 0 Å². The van der Waals surface area contributed by atoms with E-state index in [1.165, 1.54) is 5.56 Å². The van der Waals surface area contributed by atoms with Gasteiger partial charge >= 0.3 is 0 Å². The summed E-state index contributed by atoms with van der Waals surface area (Å²) in [4.78, 5) is 0. The van der Waals surface area contributed by atoms with Crippen LogP contribution < -0.4 is 0 Å². The van der Waals surface area contributed by atoms with Crippen LogP contribution in [0.4, 0.5) is 0 Å². The lowest BCUT2D eigenvalue weighted by Gasteiger charge is -2.19. The number of nitrogens with zero attached hydrogens (tertiary/aromatic N) is 3. The standard InChI is InChI=1S/C21H27N3/c1-4-7-10-16-17(11-8-5-2)19(13-22)21(15-24)20(14-23)18(16)12-9-6-3/h4-12H2,1-3H3. The van der Waals surface area contributed by atoms with Crippen LogP contribution in [0.5, 0.6) is 0 Å². The summed E-state index contributed by atoms with van der Waals surface area (Å²) in [5, 5.41) is 28.9. The molecule has 0 fully saturated rings. The number of benzene rings is 1. The van der Waals surface area contributed by atoms with Gasteiger partial charge in [0.05, 0.1) is 16.7 Å². The third kappa shape index (κ3) is 4.37. The van der Waals surface area contributed by atoms with E-state index in [-0.39, 0.29) is 5.56 Å². The molecule has 126 valence electrons. The molecule has 0 aliphatic carbocycles. The summed E-state index contributed by atoms with van der Waals surface area (Å²) in [7, 11) is 0. The lowest BCUT2D eigenvalue weighted by atomic mass is 9.82. The first-order chi connectivity index (χ1) is 11.7. The summed E-state index contributed by atoms with van der Waals surface area (Å²) in [6, 6.07) is 6.59. The Bertz CT molecular complexity index is 634. The molecular weight excluding hydrogens is 294 g/mol. The molecule has 3 heteroatoms. The molecule has 0 radical (unpaired) electrons. The Balaban J connectivity index is 3.71. The smallest absolute Gasteiger partial charge is 0.102 e. The van der Waals surface area contributed by atoms with Gasteiger partial charge in [-0.15, -0.1) is 0 Å². The van der Waals surface area contributed by atoms with E-state index in [0.29, 0.717) is 11.1 Å². The van der Waals surface area contributed by atoms with Crippen LogP contribution in [0.1, 0.15) is 92.7 Å². The maximum Gasteiger partial charge on any atom is 0.102 e. The first kappa shape index (κ1) is 19.7. The van der Waals surface area contributed by atoms with Gasteiger partial charge in [0.2, 0.25) is 0 Å². The fraction of sp³-hybridized carbons (Fsp3) is 0.571. The average Bonchev–Trinajstić information content (AvgIpc) is 2.61. The molecule has 3 nitrogen and oxygen atoms in total. The van der Waals surface area contributed by atoms with Crippen LogP contribution in [-0.4, -0.2) is 0 Å². The maximum atomic E-state index is 9.66. The van der Waals surface area contributed by atoms with Gasteiger partial charge in [0.15, 0.2) is 0 Å². The molecule has 0 heterocycles. The highest BCUT2D eigenvalue weighted by atomic mass is 14.3. The van der Waals surface area contributed by atoms with Gasteiger partial charge in [0, 0.05) is 0 Å². The molecule has 1 aromatic rings. The van der Waals surface area contributed by atoms with E-state index in [4.69, 9.17) is 0 Å². The molecule has 0 saturated carbocycles. The van der Waals surface area contributed by atoms with Crippen LogP contribution in [0, 0.1) is 34.0 Å². The molecule has 0 aliphatic rings. The molecule has 0 amide bonds. The Morgan fingerprint density at radius 1 is 0.542 bits per heavy atom. The van der Waals surface area contributed by atoms with Crippen molar-refractivity contribution in [1.29, 1.82) is 15.8 Å². The Labute approximate surface area is 146 Å². The van der Waals surface area contributed by atoms with Crippen LogP contribution >= 0.6 is 0 Å². The fourth-order valence-corrected chi connectivity index (χ4v) is 3.18. The van der Waals surface area contributed by atoms with E-state index >= 15 is 0 Å². The SMILES string of the molecule is CCCCc1c(C#N)c(C#N)c(C#N)c(CCCC)c1CCCC. The minimum Gasteiger partial charge on any atom is -0.192 e. The molecule has 0 unspecified atom stereocenters. The molecule has 0 atom stereocenters. The summed E-state index contributed by atoms with van der Waals surface area (Å²) >= 11 is 0. The third-order valence-electron chi connectivity index (χ3n) is 4.51. The second kappa shape index (κ2) is 10.5. The summed E-state index contributed by atoms with van der Waals surface area (Å²) in [6.45, 7) is 6.41. The zero-order valence-corrected chi connectivity index (χ0v) is 15.2. The van der Waals surface area contributed by atoms with Crippen molar-refractivity contribution in [1.82, 2.24) is 0 Å². The topological polar surface area (TPSA) is 71.4 Å². The molecule has 0 saturated heterocycles. The van der Waals surface area contributed by atoms with Crippen molar-refractivity contribution in [2.24, 2.45) is 0 Å². The summed E-state index contributed by atoms with van der Waals surface area (Å²) in [5.74, 6) is 0. The van der Waals surface area contributed by atoms with Gasteiger partial charge in [-0.2, -0.15) is 15.8 Å². The van der Waals surface area contributed by atoms with Crippen molar-refractivity contribution in [3.8, 4) is 18.2 Å². The average molecular weight is 321 g/mol. The van der Waals surface area contributed by atoms with E-state index in [2.05, 4.69) is 39.0 Å². The zero-order valence-electron chi connectivity index (χ0n) is 15.2. The van der Waals surface area contributed by atoms with E-state index in [1.807, 2.05) is 0 Å². The number of nitriles is 3. The number of rotatable bonds is 9. The van der Waals surface area contributed by atoms with Crippen molar-refractivity contribution in [2.45, 2.75) is 78.6 Å². The lowest BCUT2D eigenvalue weighted by Crippen LogP contribution is -2.10. The fourth-order valence-electron chi connectivity index (χ4n) is 3.18. The molecule has 1 rings (SSSR count). The largest absolute Gasteiger partial charge is 0.192 e. The molecular formula is C21H27N3. The molecule has 1 aromatic carbocycles. The van der Waals surface area contributed by atoms with Crippen LogP contribution in [-0.2, 0) is 19.3 Å². The van der Waals surface area contributed by atoms with Gasteiger partial charge in [-0.05, 0) is 55.2 Å². The van der Waals surface area contributed by atoms with Gasteiger partial charge in [-0.3, -0.25) is 0 Å². The van der Waals surface area contributed by atoms with E-state index < -0.39 is 0 Å². The number of unbranched alkanes of at least 4 members (excludes halogenated alkanes) is 3. The highest BCUT2D eigenvalue weighted by Crippen LogP contribution is 2.31. The van der Waals surface area contributed by atoms with Gasteiger partial charge in [0.1, 0.15) is 18.2 Å². The highest BCUT2D eigenvalue weighted by molar-refractivity contribution is 5.65. The predicted octanol–water partition coefficient (Wildman–Crippen LogP) is 5.33. The van der Waals surface area contributed by atoms with Crippen LogP contribution in [0.15, 0.2) is 0 Å². The van der Waals surface area contributed by atoms with Crippen molar-refractivity contribution in [2.75, 3.05) is 0 Å². The van der Waals surface area contributed by atoms with Gasteiger partial charge in [-0.25, -0.2) is 0 Å². The normalized spacial score (nSPS) is 10.0. The summed E-state index contributed by atoms with van der Waals surface area (Å²) in [6.07, 6.45) is 8.73. The molecule has 0 aromatic heterocycles.